The summed E-state index contributed by atoms with van der Waals surface area (Å²) in [6.07, 6.45) is 4.46. The minimum absolute atomic E-state index is 0.317. The SMILES string of the molecule is COCc1nn(-c2ccc(OC)cc2)cc1C.COCc1nn(-c2ccc(OC)cc2)cc1C=O. The molecular formula is C26H30N4O5. The van der Waals surface area contributed by atoms with Gasteiger partial charge in [-0.25, -0.2) is 9.36 Å². The van der Waals surface area contributed by atoms with Gasteiger partial charge < -0.3 is 18.9 Å². The average molecular weight is 479 g/mol. The highest BCUT2D eigenvalue weighted by Gasteiger charge is 2.09. The smallest absolute Gasteiger partial charge is 0.153 e. The van der Waals surface area contributed by atoms with Gasteiger partial charge in [0, 0.05) is 26.6 Å². The van der Waals surface area contributed by atoms with E-state index in [9.17, 15) is 4.79 Å². The summed E-state index contributed by atoms with van der Waals surface area (Å²) < 4.78 is 23.8. The molecule has 0 radical (unpaired) electrons. The van der Waals surface area contributed by atoms with Gasteiger partial charge in [0.25, 0.3) is 0 Å². The van der Waals surface area contributed by atoms with Crippen molar-refractivity contribution in [2.75, 3.05) is 28.4 Å². The fraction of sp³-hybridized carbons (Fsp3) is 0.269. The normalized spacial score (nSPS) is 10.4. The quantitative estimate of drug-likeness (QED) is 0.334. The zero-order valence-electron chi connectivity index (χ0n) is 20.6. The number of hydrogen-bond donors (Lipinski definition) is 0. The van der Waals surface area contributed by atoms with Crippen LogP contribution in [0.15, 0.2) is 60.9 Å². The first-order chi connectivity index (χ1) is 17.0. The maximum atomic E-state index is 10.9. The molecule has 0 aliphatic rings. The summed E-state index contributed by atoms with van der Waals surface area (Å²) in [5.41, 5.74) is 5.12. The number of benzene rings is 2. The molecule has 0 N–H and O–H groups in total. The number of carbonyl (C=O) groups excluding carboxylic acids is 1. The number of carbonyl (C=O) groups is 1. The minimum atomic E-state index is 0.317. The molecule has 2 aromatic carbocycles. The van der Waals surface area contributed by atoms with Crippen LogP contribution in [-0.4, -0.2) is 54.3 Å². The van der Waals surface area contributed by atoms with E-state index >= 15 is 0 Å². The van der Waals surface area contributed by atoms with Crippen LogP contribution >= 0.6 is 0 Å². The van der Waals surface area contributed by atoms with Crippen molar-refractivity contribution in [2.45, 2.75) is 20.1 Å². The number of methoxy groups -OCH3 is 4. The van der Waals surface area contributed by atoms with Crippen molar-refractivity contribution in [1.29, 1.82) is 0 Å². The Morgan fingerprint density at radius 2 is 1.17 bits per heavy atom. The Morgan fingerprint density at radius 1 is 0.714 bits per heavy atom. The van der Waals surface area contributed by atoms with Gasteiger partial charge in [-0.15, -0.1) is 0 Å². The van der Waals surface area contributed by atoms with E-state index in [-0.39, 0.29) is 0 Å². The van der Waals surface area contributed by atoms with Crippen molar-refractivity contribution >= 4 is 6.29 Å². The van der Waals surface area contributed by atoms with E-state index in [2.05, 4.69) is 10.2 Å². The molecule has 0 aliphatic heterocycles. The second-order valence-electron chi connectivity index (χ2n) is 7.56. The van der Waals surface area contributed by atoms with E-state index in [1.54, 1.807) is 39.3 Å². The third kappa shape index (κ3) is 6.56. The monoisotopic (exact) mass is 478 g/mol. The Balaban J connectivity index is 0.000000196. The van der Waals surface area contributed by atoms with Crippen LogP contribution in [0, 0.1) is 6.92 Å². The number of ether oxygens (including phenoxy) is 4. The first-order valence-corrected chi connectivity index (χ1v) is 10.9. The third-order valence-electron chi connectivity index (χ3n) is 5.19. The molecule has 0 saturated heterocycles. The second kappa shape index (κ2) is 12.5. The van der Waals surface area contributed by atoms with Crippen molar-refractivity contribution in [3.8, 4) is 22.9 Å². The van der Waals surface area contributed by atoms with Crippen molar-refractivity contribution < 1.29 is 23.7 Å². The first-order valence-electron chi connectivity index (χ1n) is 10.9. The van der Waals surface area contributed by atoms with Crippen molar-refractivity contribution in [1.82, 2.24) is 19.6 Å². The molecule has 9 nitrogen and oxygen atoms in total. The molecule has 0 fully saturated rings. The number of aryl methyl sites for hydroxylation is 1. The molecular weight excluding hydrogens is 448 g/mol. The van der Waals surface area contributed by atoms with Crippen molar-refractivity contribution in [3.63, 3.8) is 0 Å². The number of rotatable bonds is 9. The Hall–Kier alpha value is -3.95. The number of hydrogen-bond acceptors (Lipinski definition) is 7. The van der Waals surface area contributed by atoms with E-state index in [0.717, 1.165) is 40.4 Å². The van der Waals surface area contributed by atoms with Gasteiger partial charge in [0.15, 0.2) is 6.29 Å². The van der Waals surface area contributed by atoms with E-state index in [1.165, 1.54) is 0 Å². The summed E-state index contributed by atoms with van der Waals surface area (Å²) in [6.45, 7) is 2.88. The van der Waals surface area contributed by atoms with Gasteiger partial charge in [-0.2, -0.15) is 10.2 Å². The third-order valence-corrected chi connectivity index (χ3v) is 5.19. The molecule has 0 atom stereocenters. The van der Waals surface area contributed by atoms with Gasteiger partial charge in [0.05, 0.1) is 55.8 Å². The molecule has 9 heteroatoms. The number of aromatic nitrogens is 4. The van der Waals surface area contributed by atoms with Crippen LogP contribution in [0.25, 0.3) is 11.4 Å². The van der Waals surface area contributed by atoms with Gasteiger partial charge in [-0.3, -0.25) is 4.79 Å². The van der Waals surface area contributed by atoms with Crippen LogP contribution in [0.2, 0.25) is 0 Å². The molecule has 4 rings (SSSR count). The van der Waals surface area contributed by atoms with E-state index in [4.69, 9.17) is 18.9 Å². The largest absolute Gasteiger partial charge is 0.497 e. The van der Waals surface area contributed by atoms with Gasteiger partial charge in [-0.05, 0) is 61.0 Å². The molecule has 184 valence electrons. The molecule has 2 heterocycles. The molecule has 0 aliphatic carbocycles. The number of nitrogens with zero attached hydrogens (tertiary/aromatic N) is 4. The maximum Gasteiger partial charge on any atom is 0.153 e. The zero-order chi connectivity index (χ0) is 25.2. The Bertz CT molecular complexity index is 1210. The maximum absolute atomic E-state index is 10.9. The van der Waals surface area contributed by atoms with Gasteiger partial charge >= 0.3 is 0 Å². The lowest BCUT2D eigenvalue weighted by molar-refractivity contribution is 0.111. The molecule has 2 aromatic heterocycles. The van der Waals surface area contributed by atoms with Gasteiger partial charge in [0.2, 0.25) is 0 Å². The van der Waals surface area contributed by atoms with Crippen LogP contribution in [0.3, 0.4) is 0 Å². The fourth-order valence-corrected chi connectivity index (χ4v) is 3.28. The Labute approximate surface area is 204 Å². The first kappa shape index (κ1) is 25.7. The fourth-order valence-electron chi connectivity index (χ4n) is 3.28. The molecule has 4 aromatic rings. The minimum Gasteiger partial charge on any atom is -0.497 e. The number of aldehydes is 1. The lowest BCUT2D eigenvalue weighted by atomic mass is 10.3. The van der Waals surface area contributed by atoms with Crippen LogP contribution in [0.4, 0.5) is 0 Å². The highest BCUT2D eigenvalue weighted by atomic mass is 16.5. The van der Waals surface area contributed by atoms with Crippen molar-refractivity contribution in [3.05, 3.63) is 83.4 Å². The second-order valence-corrected chi connectivity index (χ2v) is 7.56. The van der Waals surface area contributed by atoms with Gasteiger partial charge in [0.1, 0.15) is 11.5 Å². The standard InChI is InChI=1S/C13H14N2O3.C13H16N2O2/c1-17-9-13-10(8-16)7-15(14-13)11-3-5-12(18-2)6-4-11;1-10-8-15(14-13(10)9-16-2)11-4-6-12(17-3)7-5-11/h3-8H,9H2,1-2H3;4-8H,9H2,1-3H3. The molecule has 0 unspecified atom stereocenters. The molecule has 0 bridgehead atoms. The van der Waals surface area contributed by atoms with E-state index in [1.807, 2.05) is 66.3 Å². The summed E-state index contributed by atoms with van der Waals surface area (Å²) in [5, 5.41) is 8.79. The Kier molecular flexibility index (Phi) is 9.16. The zero-order valence-corrected chi connectivity index (χ0v) is 20.6. The molecule has 0 saturated carbocycles. The van der Waals surface area contributed by atoms with E-state index < -0.39 is 0 Å². The van der Waals surface area contributed by atoms with Crippen molar-refractivity contribution in [2.24, 2.45) is 0 Å². The molecule has 0 spiro atoms. The summed E-state index contributed by atoms with van der Waals surface area (Å²) in [5.74, 6) is 1.62. The highest BCUT2D eigenvalue weighted by molar-refractivity contribution is 5.76. The predicted molar refractivity (Wildman–Crippen MR) is 132 cm³/mol. The summed E-state index contributed by atoms with van der Waals surface area (Å²) in [6, 6.07) is 15.2. The summed E-state index contributed by atoms with van der Waals surface area (Å²) in [4.78, 5) is 10.9. The highest BCUT2D eigenvalue weighted by Crippen LogP contribution is 2.17. The lowest BCUT2D eigenvalue weighted by Crippen LogP contribution is -1.97. The Morgan fingerprint density at radius 3 is 1.63 bits per heavy atom. The van der Waals surface area contributed by atoms with Crippen LogP contribution < -0.4 is 9.47 Å². The average Bonchev–Trinajstić information content (AvgIpc) is 3.48. The summed E-state index contributed by atoms with van der Waals surface area (Å²) >= 11 is 0. The topological polar surface area (TPSA) is 89.6 Å². The van der Waals surface area contributed by atoms with Crippen LogP contribution in [0.1, 0.15) is 27.3 Å². The summed E-state index contributed by atoms with van der Waals surface area (Å²) in [7, 11) is 6.51. The lowest BCUT2D eigenvalue weighted by Gasteiger charge is -2.03. The van der Waals surface area contributed by atoms with E-state index in [0.29, 0.717) is 24.5 Å². The molecule has 35 heavy (non-hydrogen) atoms. The van der Waals surface area contributed by atoms with Gasteiger partial charge in [-0.1, -0.05) is 0 Å². The molecule has 0 amide bonds. The van der Waals surface area contributed by atoms with Crippen LogP contribution in [-0.2, 0) is 22.7 Å². The predicted octanol–water partition coefficient (Wildman–Crippen LogP) is 4.18. The van der Waals surface area contributed by atoms with Crippen LogP contribution in [0.5, 0.6) is 11.5 Å².